The van der Waals surface area contributed by atoms with Gasteiger partial charge in [-0.05, 0) is 57.5 Å². The summed E-state index contributed by atoms with van der Waals surface area (Å²) in [5.41, 5.74) is -0.589. The monoisotopic (exact) mass is 254 g/mol. The molecule has 1 saturated heterocycles. The molecule has 0 bridgehead atoms. The van der Waals surface area contributed by atoms with Crippen LogP contribution in [0.1, 0.15) is 45.4 Å². The lowest BCUT2D eigenvalue weighted by Crippen LogP contribution is -2.56. The highest BCUT2D eigenvalue weighted by Gasteiger charge is 2.40. The molecule has 4 nitrogen and oxygen atoms in total. The van der Waals surface area contributed by atoms with Crippen LogP contribution in [0.2, 0.25) is 0 Å². The molecule has 104 valence electrons. The zero-order valence-electron chi connectivity index (χ0n) is 11.6. The van der Waals surface area contributed by atoms with E-state index in [0.717, 1.165) is 44.7 Å². The van der Waals surface area contributed by atoms with Crippen LogP contribution in [0.5, 0.6) is 0 Å². The number of hydrogen-bond acceptors (Lipinski definition) is 3. The third-order valence-electron chi connectivity index (χ3n) is 4.57. The highest BCUT2D eigenvalue weighted by Crippen LogP contribution is 2.26. The van der Waals surface area contributed by atoms with Crippen molar-refractivity contribution in [1.82, 2.24) is 10.6 Å². The van der Waals surface area contributed by atoms with Crippen LogP contribution in [0.25, 0.3) is 0 Å². The molecule has 0 atom stereocenters. The predicted molar refractivity (Wildman–Crippen MR) is 71.4 cm³/mol. The lowest BCUT2D eigenvalue weighted by Gasteiger charge is -2.37. The number of rotatable bonds is 3. The molecule has 18 heavy (non-hydrogen) atoms. The molecule has 1 saturated carbocycles. The highest BCUT2D eigenvalue weighted by atomic mass is 16.5. The summed E-state index contributed by atoms with van der Waals surface area (Å²) in [5.74, 6) is 0.916. The Morgan fingerprint density at radius 2 is 1.83 bits per heavy atom. The van der Waals surface area contributed by atoms with Gasteiger partial charge in [0, 0.05) is 13.2 Å². The summed E-state index contributed by atoms with van der Waals surface area (Å²) < 4.78 is 5.55. The summed E-state index contributed by atoms with van der Waals surface area (Å²) >= 11 is 0. The van der Waals surface area contributed by atoms with Crippen LogP contribution in [-0.2, 0) is 9.53 Å². The Balaban J connectivity index is 1.89. The van der Waals surface area contributed by atoms with Gasteiger partial charge in [0.05, 0.1) is 0 Å². The van der Waals surface area contributed by atoms with Gasteiger partial charge in [-0.2, -0.15) is 0 Å². The smallest absolute Gasteiger partial charge is 0.252 e. The lowest BCUT2D eigenvalue weighted by atomic mass is 9.86. The lowest BCUT2D eigenvalue weighted by molar-refractivity contribution is -0.147. The van der Waals surface area contributed by atoms with Crippen LogP contribution < -0.4 is 10.6 Å². The van der Waals surface area contributed by atoms with E-state index < -0.39 is 5.60 Å². The first-order valence-corrected chi connectivity index (χ1v) is 7.23. The number of carbonyl (C=O) groups excluding carboxylic acids is 1. The van der Waals surface area contributed by atoms with Crippen molar-refractivity contribution in [2.24, 2.45) is 5.92 Å². The first-order chi connectivity index (χ1) is 8.66. The Hall–Kier alpha value is -0.610. The molecule has 1 amide bonds. The van der Waals surface area contributed by atoms with Crippen molar-refractivity contribution in [1.29, 1.82) is 0 Å². The summed E-state index contributed by atoms with van der Waals surface area (Å²) in [6, 6.07) is 0.357. The van der Waals surface area contributed by atoms with Crippen LogP contribution in [-0.4, -0.2) is 37.7 Å². The van der Waals surface area contributed by atoms with Crippen molar-refractivity contribution in [2.45, 2.75) is 57.1 Å². The van der Waals surface area contributed by atoms with Crippen LogP contribution in [0, 0.1) is 5.92 Å². The number of ether oxygens (including phenoxy) is 1. The summed E-state index contributed by atoms with van der Waals surface area (Å²) in [5, 5.41) is 6.49. The minimum atomic E-state index is -0.589. The quantitative estimate of drug-likeness (QED) is 0.801. The molecule has 4 heteroatoms. The second-order valence-electron chi connectivity index (χ2n) is 5.88. The molecule has 0 aromatic rings. The molecule has 0 aromatic carbocycles. The summed E-state index contributed by atoms with van der Waals surface area (Å²) in [4.78, 5) is 12.4. The van der Waals surface area contributed by atoms with Gasteiger partial charge in [0.2, 0.25) is 0 Å². The second-order valence-corrected chi connectivity index (χ2v) is 5.88. The molecule has 1 aliphatic carbocycles. The molecule has 1 aliphatic heterocycles. The van der Waals surface area contributed by atoms with Crippen molar-refractivity contribution < 1.29 is 9.53 Å². The number of piperidine rings is 1. The molecule has 0 unspecified atom stereocenters. The average molecular weight is 254 g/mol. The second kappa shape index (κ2) is 6.02. The maximum Gasteiger partial charge on any atom is 0.252 e. The van der Waals surface area contributed by atoms with Gasteiger partial charge in [0.15, 0.2) is 0 Å². The first kappa shape index (κ1) is 13.8. The molecule has 2 rings (SSSR count). The van der Waals surface area contributed by atoms with E-state index in [-0.39, 0.29) is 5.91 Å². The maximum atomic E-state index is 12.4. The van der Waals surface area contributed by atoms with Gasteiger partial charge < -0.3 is 15.4 Å². The molecule has 2 fully saturated rings. The summed E-state index contributed by atoms with van der Waals surface area (Å²) in [7, 11) is 1.66. The summed E-state index contributed by atoms with van der Waals surface area (Å²) in [6.45, 7) is 4.02. The van der Waals surface area contributed by atoms with E-state index in [9.17, 15) is 4.79 Å². The number of amides is 1. The van der Waals surface area contributed by atoms with Gasteiger partial charge in [-0.15, -0.1) is 0 Å². The van der Waals surface area contributed by atoms with Gasteiger partial charge in [-0.3, -0.25) is 4.79 Å². The van der Waals surface area contributed by atoms with E-state index in [0.29, 0.717) is 6.04 Å². The van der Waals surface area contributed by atoms with E-state index in [1.165, 1.54) is 12.8 Å². The molecule has 0 spiro atoms. The average Bonchev–Trinajstić information content (AvgIpc) is 2.42. The third kappa shape index (κ3) is 3.04. The van der Waals surface area contributed by atoms with Gasteiger partial charge in [0.1, 0.15) is 5.60 Å². The molecule has 0 aromatic heterocycles. The fourth-order valence-electron chi connectivity index (χ4n) is 3.08. The fraction of sp³-hybridized carbons (Fsp3) is 0.929. The summed E-state index contributed by atoms with van der Waals surface area (Å²) in [6.07, 6.45) is 6.24. The number of nitrogens with one attached hydrogen (secondary N) is 2. The standard InChI is InChI=1S/C14H26N2O2/c1-11-3-5-12(6-4-11)16-13(17)14(18-2)7-9-15-10-8-14/h11-12,15H,3-10H2,1-2H3,(H,16,17). The molecular formula is C14H26N2O2. The fourth-order valence-corrected chi connectivity index (χ4v) is 3.08. The van der Waals surface area contributed by atoms with E-state index in [1.54, 1.807) is 7.11 Å². The molecular weight excluding hydrogens is 228 g/mol. The normalized spacial score (nSPS) is 31.9. The van der Waals surface area contributed by atoms with Crippen molar-refractivity contribution >= 4 is 5.91 Å². The van der Waals surface area contributed by atoms with E-state index in [4.69, 9.17) is 4.74 Å². The van der Waals surface area contributed by atoms with Crippen molar-refractivity contribution in [3.05, 3.63) is 0 Å². The highest BCUT2D eigenvalue weighted by molar-refractivity contribution is 5.85. The topological polar surface area (TPSA) is 50.4 Å². The van der Waals surface area contributed by atoms with Gasteiger partial charge in [-0.1, -0.05) is 6.92 Å². The Morgan fingerprint density at radius 1 is 1.22 bits per heavy atom. The van der Waals surface area contributed by atoms with Crippen LogP contribution >= 0.6 is 0 Å². The van der Waals surface area contributed by atoms with Crippen LogP contribution in [0.4, 0.5) is 0 Å². The Kier molecular flexibility index (Phi) is 4.62. The van der Waals surface area contributed by atoms with Crippen LogP contribution in [0.3, 0.4) is 0 Å². The minimum absolute atomic E-state index is 0.103. The number of carbonyl (C=O) groups is 1. The largest absolute Gasteiger partial charge is 0.368 e. The zero-order valence-corrected chi connectivity index (χ0v) is 11.6. The molecule has 0 radical (unpaired) electrons. The van der Waals surface area contributed by atoms with Gasteiger partial charge in [-0.25, -0.2) is 0 Å². The van der Waals surface area contributed by atoms with E-state index in [2.05, 4.69) is 17.6 Å². The SMILES string of the molecule is COC1(C(=O)NC2CCC(C)CC2)CCNCC1. The Bertz CT molecular complexity index is 280. The van der Waals surface area contributed by atoms with E-state index >= 15 is 0 Å². The Labute approximate surface area is 110 Å². The minimum Gasteiger partial charge on any atom is -0.368 e. The number of hydrogen-bond donors (Lipinski definition) is 2. The Morgan fingerprint density at radius 3 is 2.39 bits per heavy atom. The van der Waals surface area contributed by atoms with Crippen molar-refractivity contribution in [3.63, 3.8) is 0 Å². The van der Waals surface area contributed by atoms with E-state index in [1.807, 2.05) is 0 Å². The molecule has 2 aliphatic rings. The molecule has 2 N–H and O–H groups in total. The van der Waals surface area contributed by atoms with Gasteiger partial charge >= 0.3 is 0 Å². The van der Waals surface area contributed by atoms with Crippen molar-refractivity contribution in [2.75, 3.05) is 20.2 Å². The first-order valence-electron chi connectivity index (χ1n) is 7.23. The predicted octanol–water partition coefficient (Wildman–Crippen LogP) is 1.45. The maximum absolute atomic E-state index is 12.4. The zero-order chi connectivity index (χ0) is 13.0. The number of methoxy groups -OCH3 is 1. The van der Waals surface area contributed by atoms with Gasteiger partial charge in [0.25, 0.3) is 5.91 Å². The van der Waals surface area contributed by atoms with Crippen molar-refractivity contribution in [3.8, 4) is 0 Å². The van der Waals surface area contributed by atoms with Crippen LogP contribution in [0.15, 0.2) is 0 Å². The molecule has 1 heterocycles. The third-order valence-corrected chi connectivity index (χ3v) is 4.57.